The van der Waals surface area contributed by atoms with E-state index in [0.29, 0.717) is 0 Å². The predicted molar refractivity (Wildman–Crippen MR) is 77.1 cm³/mol. The van der Waals surface area contributed by atoms with Gasteiger partial charge in [0.15, 0.2) is 5.65 Å². The van der Waals surface area contributed by atoms with Crippen molar-refractivity contribution in [3.63, 3.8) is 0 Å². The van der Waals surface area contributed by atoms with Gasteiger partial charge in [0, 0.05) is 13.1 Å². The first-order valence-electron chi connectivity index (χ1n) is 6.01. The second-order valence-electron chi connectivity index (χ2n) is 4.71. The quantitative estimate of drug-likeness (QED) is 0.693. The summed E-state index contributed by atoms with van der Waals surface area (Å²) in [6.07, 6.45) is 0. The molecule has 0 fully saturated rings. The minimum Gasteiger partial charge on any atom is -0.265 e. The standard InChI is InChI=1S/C13H14BrN5/c1-7-5-10(11-6-12(14)17-18(11)4)16-19-9(3)8(2)15-13(7)19/h5-6H,1-4H3. The first-order chi connectivity index (χ1) is 8.97. The highest BCUT2D eigenvalue weighted by Crippen LogP contribution is 2.23. The lowest BCUT2D eigenvalue weighted by Crippen LogP contribution is -2.02. The topological polar surface area (TPSA) is 48.0 Å². The molecular formula is C13H14BrN5. The largest absolute Gasteiger partial charge is 0.265 e. The molecule has 0 saturated heterocycles. The molecule has 0 spiro atoms. The zero-order chi connectivity index (χ0) is 13.7. The van der Waals surface area contributed by atoms with E-state index >= 15 is 0 Å². The first-order valence-corrected chi connectivity index (χ1v) is 6.80. The second-order valence-corrected chi connectivity index (χ2v) is 5.52. The van der Waals surface area contributed by atoms with E-state index in [0.717, 1.165) is 38.6 Å². The number of nitrogens with zero attached hydrogens (tertiary/aromatic N) is 5. The number of aryl methyl sites for hydroxylation is 4. The Morgan fingerprint density at radius 1 is 1.11 bits per heavy atom. The molecule has 0 bridgehead atoms. The van der Waals surface area contributed by atoms with Crippen LogP contribution in [-0.4, -0.2) is 24.4 Å². The molecular weight excluding hydrogens is 306 g/mol. The number of aromatic nitrogens is 5. The van der Waals surface area contributed by atoms with E-state index in [1.807, 2.05) is 42.2 Å². The summed E-state index contributed by atoms with van der Waals surface area (Å²) >= 11 is 3.39. The fourth-order valence-corrected chi connectivity index (χ4v) is 2.63. The Morgan fingerprint density at radius 2 is 1.84 bits per heavy atom. The molecule has 3 aromatic rings. The number of hydrogen-bond acceptors (Lipinski definition) is 3. The van der Waals surface area contributed by atoms with E-state index in [1.54, 1.807) is 0 Å². The maximum atomic E-state index is 4.67. The van der Waals surface area contributed by atoms with Crippen molar-refractivity contribution in [1.29, 1.82) is 0 Å². The Hall–Kier alpha value is -1.69. The van der Waals surface area contributed by atoms with Crippen molar-refractivity contribution < 1.29 is 0 Å². The van der Waals surface area contributed by atoms with Crippen molar-refractivity contribution in [1.82, 2.24) is 24.4 Å². The molecule has 0 saturated carbocycles. The average Bonchev–Trinajstić information content (AvgIpc) is 2.82. The lowest BCUT2D eigenvalue weighted by Gasteiger charge is -2.05. The summed E-state index contributed by atoms with van der Waals surface area (Å²) in [7, 11) is 1.91. The predicted octanol–water partition coefficient (Wildman–Crippen LogP) is 2.82. The van der Waals surface area contributed by atoms with Crippen molar-refractivity contribution in [2.45, 2.75) is 20.8 Å². The molecule has 5 nitrogen and oxygen atoms in total. The maximum absolute atomic E-state index is 4.67. The van der Waals surface area contributed by atoms with Crippen LogP contribution in [0, 0.1) is 20.8 Å². The van der Waals surface area contributed by atoms with Crippen LogP contribution in [0.4, 0.5) is 0 Å². The number of hydrogen-bond donors (Lipinski definition) is 0. The second kappa shape index (κ2) is 4.16. The van der Waals surface area contributed by atoms with E-state index in [4.69, 9.17) is 0 Å². The van der Waals surface area contributed by atoms with Gasteiger partial charge >= 0.3 is 0 Å². The van der Waals surface area contributed by atoms with E-state index in [9.17, 15) is 0 Å². The van der Waals surface area contributed by atoms with Gasteiger partial charge < -0.3 is 0 Å². The fourth-order valence-electron chi connectivity index (χ4n) is 2.18. The molecule has 19 heavy (non-hydrogen) atoms. The SMILES string of the molecule is Cc1nc2c(C)cc(-c3cc(Br)nn3C)nn2c1C. The van der Waals surface area contributed by atoms with E-state index in [2.05, 4.69) is 38.0 Å². The van der Waals surface area contributed by atoms with Crippen molar-refractivity contribution in [3.8, 4) is 11.4 Å². The Bertz CT molecular complexity index is 784. The van der Waals surface area contributed by atoms with Gasteiger partial charge in [0.25, 0.3) is 0 Å². The molecule has 3 aromatic heterocycles. The first kappa shape index (κ1) is 12.3. The van der Waals surface area contributed by atoms with Gasteiger partial charge in [0.05, 0.1) is 17.1 Å². The van der Waals surface area contributed by atoms with Crippen LogP contribution in [0.5, 0.6) is 0 Å². The Kier molecular flexibility index (Phi) is 2.70. The van der Waals surface area contributed by atoms with Gasteiger partial charge in [-0.05, 0) is 48.3 Å². The Morgan fingerprint density at radius 3 is 2.47 bits per heavy atom. The summed E-state index contributed by atoms with van der Waals surface area (Å²) in [5, 5.41) is 8.97. The highest BCUT2D eigenvalue weighted by molar-refractivity contribution is 9.10. The van der Waals surface area contributed by atoms with Crippen LogP contribution in [0.15, 0.2) is 16.7 Å². The molecule has 0 aliphatic rings. The van der Waals surface area contributed by atoms with Gasteiger partial charge in [0.2, 0.25) is 0 Å². The van der Waals surface area contributed by atoms with E-state index in [1.165, 1.54) is 0 Å². The lowest BCUT2D eigenvalue weighted by molar-refractivity contribution is 0.760. The molecule has 6 heteroatoms. The van der Waals surface area contributed by atoms with Crippen molar-refractivity contribution in [2.24, 2.45) is 7.05 Å². The van der Waals surface area contributed by atoms with Crippen LogP contribution < -0.4 is 0 Å². The Labute approximate surface area is 119 Å². The van der Waals surface area contributed by atoms with Gasteiger partial charge in [-0.1, -0.05) is 0 Å². The van der Waals surface area contributed by atoms with Gasteiger partial charge in [-0.15, -0.1) is 0 Å². The number of halogens is 1. The number of rotatable bonds is 1. The summed E-state index contributed by atoms with van der Waals surface area (Å²) in [6.45, 7) is 6.09. The van der Waals surface area contributed by atoms with Crippen molar-refractivity contribution >= 4 is 21.6 Å². The molecule has 0 N–H and O–H groups in total. The van der Waals surface area contributed by atoms with Crippen LogP contribution >= 0.6 is 15.9 Å². The van der Waals surface area contributed by atoms with Gasteiger partial charge in [-0.3, -0.25) is 4.68 Å². The van der Waals surface area contributed by atoms with Crippen LogP contribution in [0.3, 0.4) is 0 Å². The molecule has 3 rings (SSSR count). The molecule has 0 aliphatic carbocycles. The zero-order valence-electron chi connectivity index (χ0n) is 11.3. The third kappa shape index (κ3) is 1.87. The molecule has 3 heterocycles. The fraction of sp³-hybridized carbons (Fsp3) is 0.308. The van der Waals surface area contributed by atoms with Crippen LogP contribution in [0.1, 0.15) is 17.0 Å². The lowest BCUT2D eigenvalue weighted by atomic mass is 10.2. The summed E-state index contributed by atoms with van der Waals surface area (Å²) in [4.78, 5) is 4.54. The van der Waals surface area contributed by atoms with Gasteiger partial charge in [-0.25, -0.2) is 9.50 Å². The average molecular weight is 320 g/mol. The zero-order valence-corrected chi connectivity index (χ0v) is 12.9. The highest BCUT2D eigenvalue weighted by Gasteiger charge is 2.13. The molecule has 98 valence electrons. The molecule has 0 aliphatic heterocycles. The smallest absolute Gasteiger partial charge is 0.157 e. The molecule has 0 aromatic carbocycles. The monoisotopic (exact) mass is 319 g/mol. The number of imidazole rings is 1. The molecule has 0 amide bonds. The minimum absolute atomic E-state index is 0.808. The molecule has 0 atom stereocenters. The minimum atomic E-state index is 0.808. The van der Waals surface area contributed by atoms with Gasteiger partial charge in [0.1, 0.15) is 10.3 Å². The summed E-state index contributed by atoms with van der Waals surface area (Å²) < 4.78 is 4.53. The van der Waals surface area contributed by atoms with E-state index < -0.39 is 0 Å². The summed E-state index contributed by atoms with van der Waals surface area (Å²) in [6, 6.07) is 4.01. The van der Waals surface area contributed by atoms with Crippen molar-refractivity contribution in [2.75, 3.05) is 0 Å². The van der Waals surface area contributed by atoms with E-state index in [-0.39, 0.29) is 0 Å². The maximum Gasteiger partial charge on any atom is 0.157 e. The summed E-state index contributed by atoms with van der Waals surface area (Å²) in [5.41, 5.74) is 5.98. The highest BCUT2D eigenvalue weighted by atomic mass is 79.9. The third-order valence-corrected chi connectivity index (χ3v) is 3.73. The van der Waals surface area contributed by atoms with Crippen LogP contribution in [-0.2, 0) is 7.05 Å². The molecule has 0 unspecified atom stereocenters. The normalized spacial score (nSPS) is 11.4. The third-order valence-electron chi connectivity index (χ3n) is 3.34. The van der Waals surface area contributed by atoms with Crippen LogP contribution in [0.2, 0.25) is 0 Å². The van der Waals surface area contributed by atoms with Crippen LogP contribution in [0.25, 0.3) is 17.0 Å². The molecule has 0 radical (unpaired) electrons. The van der Waals surface area contributed by atoms with Gasteiger partial charge in [-0.2, -0.15) is 10.2 Å². The Balaban J connectivity index is 2.31. The van der Waals surface area contributed by atoms with Crippen molar-refractivity contribution in [3.05, 3.63) is 33.7 Å². The number of fused-ring (bicyclic) bond motifs is 1. The summed E-state index contributed by atoms with van der Waals surface area (Å²) in [5.74, 6) is 0.